The Kier molecular flexibility index (Phi) is 3.28. The zero-order chi connectivity index (χ0) is 11.7. The fourth-order valence-corrected chi connectivity index (χ4v) is 2.54. The van der Waals surface area contributed by atoms with E-state index in [1.807, 2.05) is 12.1 Å². The van der Waals surface area contributed by atoms with Crippen molar-refractivity contribution < 1.29 is 13.9 Å². The molecule has 0 aliphatic rings. The van der Waals surface area contributed by atoms with E-state index >= 15 is 0 Å². The van der Waals surface area contributed by atoms with Crippen LogP contribution in [0.25, 0.3) is 10.8 Å². The van der Waals surface area contributed by atoms with E-state index in [9.17, 15) is 13.9 Å². The number of rotatable bonds is 2. The highest BCUT2D eigenvalue weighted by Crippen LogP contribution is 2.37. The molecule has 0 aliphatic carbocycles. The Bertz CT molecular complexity index is 556. The molecule has 0 bridgehead atoms. The summed E-state index contributed by atoms with van der Waals surface area (Å²) in [6, 6.07) is 10.6. The van der Waals surface area contributed by atoms with Crippen LogP contribution >= 0.6 is 15.9 Å². The van der Waals surface area contributed by atoms with Gasteiger partial charge in [-0.2, -0.15) is 0 Å². The van der Waals surface area contributed by atoms with Gasteiger partial charge in [0.1, 0.15) is 9.91 Å². The summed E-state index contributed by atoms with van der Waals surface area (Å²) in [6.07, 6.45) is 0. The lowest BCUT2D eigenvalue weighted by Gasteiger charge is -2.17. The fourth-order valence-electron chi connectivity index (χ4n) is 1.62. The van der Waals surface area contributed by atoms with Crippen molar-refractivity contribution in [2.45, 2.75) is 4.16 Å². The summed E-state index contributed by atoms with van der Waals surface area (Å²) in [5, 5.41) is 11.3. The largest absolute Gasteiger partial charge is 0.771 e. The van der Waals surface area contributed by atoms with Crippen LogP contribution < -0.4 is 0 Å². The molecule has 0 spiro atoms. The van der Waals surface area contributed by atoms with E-state index in [2.05, 4.69) is 15.9 Å². The lowest BCUT2D eigenvalue weighted by Crippen LogP contribution is -1.99. The van der Waals surface area contributed by atoms with Crippen LogP contribution in [0.1, 0.15) is 9.72 Å². The number of phenols is 1. The van der Waals surface area contributed by atoms with Gasteiger partial charge < -0.3 is 9.66 Å². The maximum Gasteiger partial charge on any atom is 0.121 e. The third kappa shape index (κ3) is 1.98. The summed E-state index contributed by atoms with van der Waals surface area (Å²) in [5.41, 5.74) is 0.381. The molecule has 2 unspecified atom stereocenters. The molecule has 2 aromatic rings. The molecule has 0 fully saturated rings. The molecule has 0 aromatic heterocycles. The molecule has 2 aromatic carbocycles. The van der Waals surface area contributed by atoms with Gasteiger partial charge in [-0.1, -0.05) is 46.3 Å². The van der Waals surface area contributed by atoms with Crippen molar-refractivity contribution in [1.29, 1.82) is 0 Å². The molecule has 2 atom stereocenters. The van der Waals surface area contributed by atoms with Crippen molar-refractivity contribution in [1.82, 2.24) is 0 Å². The van der Waals surface area contributed by atoms with Crippen molar-refractivity contribution >= 4 is 37.8 Å². The van der Waals surface area contributed by atoms with Gasteiger partial charge in [-0.05, 0) is 27.9 Å². The summed E-state index contributed by atoms with van der Waals surface area (Å²) >= 11 is 0.729. The molecule has 0 heterocycles. The van der Waals surface area contributed by atoms with Crippen molar-refractivity contribution in [3.8, 4) is 5.75 Å². The number of fused-ring (bicyclic) bond motifs is 1. The van der Waals surface area contributed by atoms with E-state index in [0.29, 0.717) is 5.56 Å². The van der Waals surface area contributed by atoms with Crippen molar-refractivity contribution in [2.24, 2.45) is 0 Å². The minimum Gasteiger partial charge on any atom is -0.771 e. The Morgan fingerprint density at radius 2 is 1.94 bits per heavy atom. The van der Waals surface area contributed by atoms with E-state index in [1.54, 1.807) is 18.2 Å². The van der Waals surface area contributed by atoms with Crippen LogP contribution in [0, 0.1) is 0 Å². The molecule has 0 saturated carbocycles. The van der Waals surface area contributed by atoms with Gasteiger partial charge in [0.2, 0.25) is 0 Å². The van der Waals surface area contributed by atoms with Gasteiger partial charge in [0.25, 0.3) is 0 Å². The highest BCUT2D eigenvalue weighted by molar-refractivity contribution is 9.10. The second-order valence-electron chi connectivity index (χ2n) is 3.30. The van der Waals surface area contributed by atoms with Crippen molar-refractivity contribution in [3.05, 3.63) is 42.0 Å². The van der Waals surface area contributed by atoms with Crippen LogP contribution in [0.3, 0.4) is 0 Å². The van der Waals surface area contributed by atoms with Gasteiger partial charge >= 0.3 is 0 Å². The van der Waals surface area contributed by atoms with Crippen LogP contribution in [0.5, 0.6) is 5.75 Å². The zero-order valence-corrected chi connectivity index (χ0v) is 10.5. The van der Waals surface area contributed by atoms with Gasteiger partial charge in [0.05, 0.1) is 0 Å². The first-order valence-electron chi connectivity index (χ1n) is 4.54. The Hall–Kier alpha value is -0.910. The van der Waals surface area contributed by atoms with Crippen LogP contribution in [0.2, 0.25) is 0 Å². The monoisotopic (exact) mass is 299 g/mol. The zero-order valence-electron chi connectivity index (χ0n) is 8.09. The van der Waals surface area contributed by atoms with E-state index < -0.39 is 15.2 Å². The molecule has 84 valence electrons. The van der Waals surface area contributed by atoms with Crippen LogP contribution in [0.4, 0.5) is 0 Å². The molecule has 1 N–H and O–H groups in total. The van der Waals surface area contributed by atoms with E-state index in [1.165, 1.54) is 6.07 Å². The third-order valence-corrected chi connectivity index (χ3v) is 4.29. The summed E-state index contributed by atoms with van der Waals surface area (Å²) in [7, 11) is 0. The maximum absolute atomic E-state index is 10.9. The summed E-state index contributed by atoms with van der Waals surface area (Å²) < 4.78 is 21.0. The van der Waals surface area contributed by atoms with Gasteiger partial charge in [-0.3, -0.25) is 4.21 Å². The van der Waals surface area contributed by atoms with Crippen molar-refractivity contribution in [3.63, 3.8) is 0 Å². The molecule has 3 nitrogen and oxygen atoms in total. The minimum absolute atomic E-state index is 0.0234. The molecule has 2 rings (SSSR count). The fraction of sp³-hybridized carbons (Fsp3) is 0.0909. The summed E-state index contributed by atoms with van der Waals surface area (Å²) in [5.74, 6) is -0.0234. The average molecular weight is 300 g/mol. The third-order valence-electron chi connectivity index (χ3n) is 2.34. The number of hydrogen-bond donors (Lipinski definition) is 1. The van der Waals surface area contributed by atoms with Crippen LogP contribution in [0.15, 0.2) is 36.4 Å². The van der Waals surface area contributed by atoms with E-state index in [0.717, 1.165) is 10.8 Å². The number of halogens is 1. The first-order chi connectivity index (χ1) is 7.61. The normalized spacial score (nSPS) is 14.9. The molecule has 0 saturated heterocycles. The van der Waals surface area contributed by atoms with E-state index in [-0.39, 0.29) is 5.75 Å². The number of benzene rings is 2. The number of phenolic OH excluding ortho intramolecular Hbond substituents is 1. The van der Waals surface area contributed by atoms with Crippen molar-refractivity contribution in [2.75, 3.05) is 0 Å². The second kappa shape index (κ2) is 4.53. The topological polar surface area (TPSA) is 60.4 Å². The second-order valence-corrected chi connectivity index (χ2v) is 5.81. The van der Waals surface area contributed by atoms with Gasteiger partial charge in [-0.25, -0.2) is 0 Å². The smallest absolute Gasteiger partial charge is 0.121 e. The van der Waals surface area contributed by atoms with E-state index in [4.69, 9.17) is 0 Å². The standard InChI is InChI=1S/C11H9BrO3S/c12-11(16(14)15)10-8-4-2-1-3-7(8)5-6-9(10)13/h1-6,11,13H,(H,14,15)/p-1. The van der Waals surface area contributed by atoms with Gasteiger partial charge in [0.15, 0.2) is 0 Å². The molecule has 0 radical (unpaired) electrons. The lowest BCUT2D eigenvalue weighted by molar-refractivity contribution is 0.469. The number of aromatic hydroxyl groups is 1. The predicted molar refractivity (Wildman–Crippen MR) is 66.2 cm³/mol. The van der Waals surface area contributed by atoms with Crippen LogP contribution in [-0.2, 0) is 11.1 Å². The molecule has 0 aliphatic heterocycles. The lowest BCUT2D eigenvalue weighted by atomic mass is 10.0. The Morgan fingerprint density at radius 1 is 1.25 bits per heavy atom. The molecule has 5 heteroatoms. The molecular weight excluding hydrogens is 292 g/mol. The first kappa shape index (κ1) is 11.6. The van der Waals surface area contributed by atoms with Gasteiger partial charge in [0, 0.05) is 5.56 Å². The summed E-state index contributed by atoms with van der Waals surface area (Å²) in [6.45, 7) is 0. The first-order valence-corrected chi connectivity index (χ1v) is 6.59. The Labute approximate surface area is 104 Å². The Morgan fingerprint density at radius 3 is 2.62 bits per heavy atom. The summed E-state index contributed by atoms with van der Waals surface area (Å²) in [4.78, 5) is 0. The number of hydrogen-bond acceptors (Lipinski definition) is 3. The maximum atomic E-state index is 10.9. The molecule has 0 amide bonds. The average Bonchev–Trinajstić information content (AvgIpc) is 2.28. The molecular formula is C11H8BrO3S-. The SMILES string of the molecule is O=S([O-])C(Br)c1c(O)ccc2ccccc12. The highest BCUT2D eigenvalue weighted by Gasteiger charge is 2.16. The van der Waals surface area contributed by atoms with Gasteiger partial charge in [-0.15, -0.1) is 0 Å². The highest BCUT2D eigenvalue weighted by atomic mass is 79.9. The minimum atomic E-state index is -2.32. The predicted octanol–water partition coefficient (Wildman–Crippen LogP) is 2.82. The molecule has 16 heavy (non-hydrogen) atoms. The number of alkyl halides is 1. The van der Waals surface area contributed by atoms with Crippen LogP contribution in [-0.4, -0.2) is 13.9 Å². The Balaban J connectivity index is 2.75. The quantitative estimate of drug-likeness (QED) is 0.685.